The second-order valence-corrected chi connectivity index (χ2v) is 20.4. The van der Waals surface area contributed by atoms with E-state index in [2.05, 4.69) is 41.5 Å². The first-order valence-electron chi connectivity index (χ1n) is 27.6. The van der Waals surface area contributed by atoms with Gasteiger partial charge in [0.05, 0.1) is 0 Å². The molecule has 0 aromatic carbocycles. The second kappa shape index (κ2) is 47.4. The van der Waals surface area contributed by atoms with E-state index in [1.807, 2.05) is 0 Å². The maximum Gasteiger partial charge on any atom is 0.306 e. The quantitative estimate of drug-likeness (QED) is 0.0344. The molecule has 0 radical (unpaired) electrons. The Morgan fingerprint density at radius 2 is 0.565 bits per heavy atom. The average Bonchev–Trinajstić information content (AvgIpc) is 3.24. The van der Waals surface area contributed by atoms with Gasteiger partial charge < -0.3 is 14.2 Å². The minimum atomic E-state index is -0.763. The van der Waals surface area contributed by atoms with Gasteiger partial charge in [-0.3, -0.25) is 14.4 Å². The Morgan fingerprint density at radius 1 is 0.323 bits per heavy atom. The third kappa shape index (κ3) is 47.9. The lowest BCUT2D eigenvalue weighted by Crippen LogP contribution is -2.30. The number of ether oxygens (including phenoxy) is 3. The topological polar surface area (TPSA) is 78.9 Å². The Morgan fingerprint density at radius 3 is 0.839 bits per heavy atom. The molecule has 62 heavy (non-hydrogen) atoms. The van der Waals surface area contributed by atoms with Crippen molar-refractivity contribution < 1.29 is 28.6 Å². The molecule has 2 atom stereocenters. The zero-order chi connectivity index (χ0) is 45.6. The Hall–Kier alpha value is -1.59. The monoisotopic (exact) mass is 877 g/mol. The van der Waals surface area contributed by atoms with Gasteiger partial charge >= 0.3 is 17.9 Å². The maximum absolute atomic E-state index is 12.8. The van der Waals surface area contributed by atoms with Crippen LogP contribution in [-0.2, 0) is 28.6 Å². The van der Waals surface area contributed by atoms with Crippen molar-refractivity contribution in [2.24, 2.45) is 17.8 Å². The molecular formula is C56H108O6. The van der Waals surface area contributed by atoms with Crippen molar-refractivity contribution in [1.29, 1.82) is 0 Å². The summed E-state index contributed by atoms with van der Waals surface area (Å²) in [6.45, 7) is 13.7. The van der Waals surface area contributed by atoms with Crippen molar-refractivity contribution in [3.63, 3.8) is 0 Å². The van der Waals surface area contributed by atoms with Crippen molar-refractivity contribution in [2.75, 3.05) is 13.2 Å². The minimum absolute atomic E-state index is 0.0652. The highest BCUT2D eigenvalue weighted by Crippen LogP contribution is 2.18. The molecule has 0 amide bonds. The molecule has 1 unspecified atom stereocenters. The van der Waals surface area contributed by atoms with Crippen LogP contribution in [0.5, 0.6) is 0 Å². The summed E-state index contributed by atoms with van der Waals surface area (Å²) >= 11 is 0. The number of carbonyl (C=O) groups excluding carboxylic acids is 3. The molecule has 0 spiro atoms. The first-order chi connectivity index (χ1) is 30.1. The summed E-state index contributed by atoms with van der Waals surface area (Å²) in [6.07, 6.45) is 48.2. The van der Waals surface area contributed by atoms with Crippen LogP contribution in [-0.4, -0.2) is 37.2 Å². The zero-order valence-electron chi connectivity index (χ0n) is 42.7. The van der Waals surface area contributed by atoms with Gasteiger partial charge in [-0.15, -0.1) is 0 Å². The smallest absolute Gasteiger partial charge is 0.306 e. The van der Waals surface area contributed by atoms with Gasteiger partial charge in [-0.1, -0.05) is 266 Å². The van der Waals surface area contributed by atoms with Gasteiger partial charge in [0.15, 0.2) is 6.10 Å². The number of hydrogen-bond acceptors (Lipinski definition) is 6. The van der Waals surface area contributed by atoms with Crippen LogP contribution in [0, 0.1) is 17.8 Å². The molecule has 0 N–H and O–H groups in total. The van der Waals surface area contributed by atoms with E-state index in [1.165, 1.54) is 186 Å². The molecule has 368 valence electrons. The van der Waals surface area contributed by atoms with E-state index in [0.717, 1.165) is 75.5 Å². The Bertz CT molecular complexity index is 962. The van der Waals surface area contributed by atoms with Crippen LogP contribution >= 0.6 is 0 Å². The SMILES string of the molecule is CCC(C)CCCCCCCCCCCCCCCCCCCCC(=O)O[C@@H](COC(=O)CCCCCCCCCCCC(C)C)COC(=O)CCCCCCCCCC(C)C. The molecule has 0 bridgehead atoms. The number of hydrogen-bond donors (Lipinski definition) is 0. The van der Waals surface area contributed by atoms with E-state index >= 15 is 0 Å². The molecule has 0 heterocycles. The molecule has 0 aliphatic heterocycles. The normalized spacial score (nSPS) is 12.6. The summed E-state index contributed by atoms with van der Waals surface area (Å²) < 4.78 is 16.8. The minimum Gasteiger partial charge on any atom is -0.462 e. The summed E-state index contributed by atoms with van der Waals surface area (Å²) in [5.74, 6) is 1.65. The number of esters is 3. The fourth-order valence-electron chi connectivity index (χ4n) is 8.44. The third-order valence-corrected chi connectivity index (χ3v) is 13.0. The third-order valence-electron chi connectivity index (χ3n) is 13.0. The molecule has 0 aliphatic rings. The molecule has 6 nitrogen and oxygen atoms in total. The van der Waals surface area contributed by atoms with E-state index in [0.29, 0.717) is 19.3 Å². The van der Waals surface area contributed by atoms with Crippen LogP contribution in [0.4, 0.5) is 0 Å². The number of rotatable bonds is 49. The number of unbranched alkanes of at least 4 members (excludes halogenated alkanes) is 31. The highest BCUT2D eigenvalue weighted by molar-refractivity contribution is 5.71. The van der Waals surface area contributed by atoms with Crippen LogP contribution < -0.4 is 0 Å². The molecule has 0 aromatic rings. The van der Waals surface area contributed by atoms with Crippen LogP contribution in [0.25, 0.3) is 0 Å². The fourth-order valence-corrected chi connectivity index (χ4v) is 8.44. The van der Waals surface area contributed by atoms with Crippen LogP contribution in [0.2, 0.25) is 0 Å². The van der Waals surface area contributed by atoms with E-state index < -0.39 is 6.10 Å². The summed E-state index contributed by atoms with van der Waals surface area (Å²) in [5.41, 5.74) is 0. The Kier molecular flexibility index (Phi) is 46.2. The lowest BCUT2D eigenvalue weighted by molar-refractivity contribution is -0.167. The van der Waals surface area contributed by atoms with Gasteiger partial charge in [-0.25, -0.2) is 0 Å². The second-order valence-electron chi connectivity index (χ2n) is 20.4. The predicted octanol–water partition coefficient (Wildman–Crippen LogP) is 17.9. The van der Waals surface area contributed by atoms with E-state index in [4.69, 9.17) is 14.2 Å². The first kappa shape index (κ1) is 60.4. The maximum atomic E-state index is 12.8. The molecule has 0 fully saturated rings. The van der Waals surface area contributed by atoms with Crippen LogP contribution in [0.1, 0.15) is 305 Å². The highest BCUT2D eigenvalue weighted by atomic mass is 16.6. The summed E-state index contributed by atoms with van der Waals surface area (Å²) in [4.78, 5) is 38.0. The summed E-state index contributed by atoms with van der Waals surface area (Å²) in [5, 5.41) is 0. The van der Waals surface area contributed by atoms with E-state index in [-0.39, 0.29) is 31.1 Å². The van der Waals surface area contributed by atoms with E-state index in [1.54, 1.807) is 0 Å². The van der Waals surface area contributed by atoms with Crippen molar-refractivity contribution in [3.8, 4) is 0 Å². The summed E-state index contributed by atoms with van der Waals surface area (Å²) in [7, 11) is 0. The average molecular weight is 877 g/mol. The van der Waals surface area contributed by atoms with Crippen molar-refractivity contribution in [1.82, 2.24) is 0 Å². The number of carbonyl (C=O) groups is 3. The van der Waals surface area contributed by atoms with Crippen molar-refractivity contribution in [2.45, 2.75) is 311 Å². The van der Waals surface area contributed by atoms with Crippen LogP contribution in [0.3, 0.4) is 0 Å². The lowest BCUT2D eigenvalue weighted by atomic mass is 9.99. The standard InChI is InChI=1S/C56H108O6/c1-7-52(6)44-38-32-26-20-16-14-12-10-8-9-11-13-15-17-21-28-35-41-47-56(59)62-53(49-61-55(58)46-40-34-29-23-25-31-37-43-51(4)5)48-60-54(57)45-39-33-27-22-18-19-24-30-36-42-50(2)3/h50-53H,7-49H2,1-6H3/t52?,53-/m0/s1. The molecule has 6 heteroatoms. The van der Waals surface area contributed by atoms with Gasteiger partial charge in [0.2, 0.25) is 0 Å². The molecule has 0 aliphatic carbocycles. The molecule has 0 rings (SSSR count). The fraction of sp³-hybridized carbons (Fsp3) is 0.946. The predicted molar refractivity (Wildman–Crippen MR) is 266 cm³/mol. The van der Waals surface area contributed by atoms with Gasteiger partial charge in [0.25, 0.3) is 0 Å². The van der Waals surface area contributed by atoms with Gasteiger partial charge in [-0.05, 0) is 37.0 Å². The molecule has 0 aromatic heterocycles. The lowest BCUT2D eigenvalue weighted by Gasteiger charge is -2.18. The molecule has 0 saturated carbocycles. The van der Waals surface area contributed by atoms with Gasteiger partial charge in [0.1, 0.15) is 13.2 Å². The van der Waals surface area contributed by atoms with Gasteiger partial charge in [0, 0.05) is 19.3 Å². The van der Waals surface area contributed by atoms with Crippen LogP contribution in [0.15, 0.2) is 0 Å². The highest BCUT2D eigenvalue weighted by Gasteiger charge is 2.19. The Balaban J connectivity index is 4.21. The summed E-state index contributed by atoms with van der Waals surface area (Å²) in [6, 6.07) is 0. The Labute approximate surface area is 387 Å². The van der Waals surface area contributed by atoms with Gasteiger partial charge in [-0.2, -0.15) is 0 Å². The van der Waals surface area contributed by atoms with E-state index in [9.17, 15) is 14.4 Å². The largest absolute Gasteiger partial charge is 0.462 e. The first-order valence-corrected chi connectivity index (χ1v) is 27.6. The molecule has 0 saturated heterocycles. The molecular weight excluding hydrogens is 769 g/mol. The van der Waals surface area contributed by atoms with Crippen molar-refractivity contribution >= 4 is 17.9 Å². The van der Waals surface area contributed by atoms with Crippen molar-refractivity contribution in [3.05, 3.63) is 0 Å². The zero-order valence-corrected chi connectivity index (χ0v) is 42.7.